The third-order valence-electron chi connectivity index (χ3n) is 2.75. The molecule has 0 aromatic carbocycles. The molecule has 1 aliphatic heterocycles. The molecular weight excluding hydrogens is 221 g/mol. The lowest BCUT2D eigenvalue weighted by atomic mass is 9.98. The zero-order valence-electron chi connectivity index (χ0n) is 9.30. The summed E-state index contributed by atoms with van der Waals surface area (Å²) in [7, 11) is 0. The molecule has 1 saturated heterocycles. The van der Waals surface area contributed by atoms with Crippen LogP contribution in [0.5, 0.6) is 0 Å². The van der Waals surface area contributed by atoms with Crippen LogP contribution in [-0.2, 0) is 4.74 Å². The van der Waals surface area contributed by atoms with Crippen LogP contribution in [-0.4, -0.2) is 50.5 Å². The summed E-state index contributed by atoms with van der Waals surface area (Å²) in [5.74, 6) is 0.483. The Bertz CT molecular complexity index is 199. The van der Waals surface area contributed by atoms with Crippen molar-refractivity contribution in [2.45, 2.75) is 19.0 Å². The lowest BCUT2D eigenvalue weighted by molar-refractivity contribution is -0.174. The fraction of sp³-hybridized carbons (Fsp3) is 1.00. The SMILES string of the molecule is NCC1CCCN(CCOCC(F)(F)F)C1. The Hall–Kier alpha value is -0.330. The van der Waals surface area contributed by atoms with Crippen LogP contribution in [0.2, 0.25) is 0 Å². The van der Waals surface area contributed by atoms with Crippen molar-refractivity contribution in [1.29, 1.82) is 0 Å². The van der Waals surface area contributed by atoms with Gasteiger partial charge >= 0.3 is 6.18 Å². The fourth-order valence-corrected chi connectivity index (χ4v) is 1.93. The number of hydrogen-bond donors (Lipinski definition) is 1. The summed E-state index contributed by atoms with van der Waals surface area (Å²) in [5.41, 5.74) is 5.57. The van der Waals surface area contributed by atoms with Crippen LogP contribution in [0, 0.1) is 5.92 Å². The Labute approximate surface area is 93.7 Å². The molecule has 2 N–H and O–H groups in total. The van der Waals surface area contributed by atoms with Crippen LogP contribution in [0.15, 0.2) is 0 Å². The molecule has 0 amide bonds. The number of nitrogens with two attached hydrogens (primary N) is 1. The molecule has 1 fully saturated rings. The maximum Gasteiger partial charge on any atom is 0.411 e. The second-order valence-electron chi connectivity index (χ2n) is 4.21. The first-order chi connectivity index (χ1) is 7.51. The molecule has 0 spiro atoms. The van der Waals surface area contributed by atoms with Crippen LogP contribution < -0.4 is 5.73 Å². The van der Waals surface area contributed by atoms with Gasteiger partial charge in [-0.2, -0.15) is 13.2 Å². The van der Waals surface area contributed by atoms with Gasteiger partial charge in [-0.25, -0.2) is 0 Å². The number of ether oxygens (including phenoxy) is 1. The van der Waals surface area contributed by atoms with E-state index in [9.17, 15) is 13.2 Å². The number of nitrogens with zero attached hydrogens (tertiary/aromatic N) is 1. The highest BCUT2D eigenvalue weighted by Gasteiger charge is 2.27. The Morgan fingerprint density at radius 1 is 1.38 bits per heavy atom. The van der Waals surface area contributed by atoms with E-state index >= 15 is 0 Å². The zero-order chi connectivity index (χ0) is 12.0. The predicted molar refractivity (Wildman–Crippen MR) is 55.1 cm³/mol. The average molecular weight is 240 g/mol. The van der Waals surface area contributed by atoms with Gasteiger partial charge in [-0.3, -0.25) is 0 Å². The van der Waals surface area contributed by atoms with Crippen LogP contribution >= 0.6 is 0 Å². The summed E-state index contributed by atoms with van der Waals surface area (Å²) in [6, 6.07) is 0. The van der Waals surface area contributed by atoms with Crippen LogP contribution in [0.25, 0.3) is 0 Å². The average Bonchev–Trinajstić information content (AvgIpc) is 2.23. The van der Waals surface area contributed by atoms with Crippen molar-refractivity contribution in [1.82, 2.24) is 4.90 Å². The molecule has 6 heteroatoms. The van der Waals surface area contributed by atoms with Crippen LogP contribution in [0.4, 0.5) is 13.2 Å². The Morgan fingerprint density at radius 2 is 2.12 bits per heavy atom. The van der Waals surface area contributed by atoms with E-state index in [1.54, 1.807) is 0 Å². The molecule has 1 unspecified atom stereocenters. The minimum atomic E-state index is -4.22. The minimum absolute atomic E-state index is 0.136. The zero-order valence-corrected chi connectivity index (χ0v) is 9.30. The maximum absolute atomic E-state index is 11.8. The molecule has 0 aromatic rings. The van der Waals surface area contributed by atoms with Gasteiger partial charge in [0.15, 0.2) is 0 Å². The van der Waals surface area contributed by atoms with E-state index in [-0.39, 0.29) is 6.61 Å². The Balaban J connectivity index is 2.08. The second kappa shape index (κ2) is 6.42. The van der Waals surface area contributed by atoms with E-state index in [4.69, 9.17) is 5.73 Å². The number of halogens is 3. The van der Waals surface area contributed by atoms with Crippen molar-refractivity contribution in [3.63, 3.8) is 0 Å². The van der Waals surface area contributed by atoms with Crippen molar-refractivity contribution in [2.75, 3.05) is 39.4 Å². The van der Waals surface area contributed by atoms with Gasteiger partial charge in [0.1, 0.15) is 6.61 Å². The standard InChI is InChI=1S/C10H19F3N2O/c11-10(12,13)8-16-5-4-15-3-1-2-9(6-14)7-15/h9H,1-8,14H2. The highest BCUT2D eigenvalue weighted by Crippen LogP contribution is 2.16. The molecular formula is C10H19F3N2O. The number of rotatable bonds is 5. The lowest BCUT2D eigenvalue weighted by Gasteiger charge is -2.31. The minimum Gasteiger partial charge on any atom is -0.371 e. The first-order valence-electron chi connectivity index (χ1n) is 5.58. The van der Waals surface area contributed by atoms with Crippen molar-refractivity contribution >= 4 is 0 Å². The first-order valence-corrected chi connectivity index (χ1v) is 5.58. The van der Waals surface area contributed by atoms with Gasteiger partial charge in [-0.1, -0.05) is 0 Å². The summed E-state index contributed by atoms with van der Waals surface area (Å²) in [5, 5.41) is 0. The monoisotopic (exact) mass is 240 g/mol. The largest absolute Gasteiger partial charge is 0.411 e. The molecule has 0 saturated carbocycles. The fourth-order valence-electron chi connectivity index (χ4n) is 1.93. The molecule has 1 atom stereocenters. The molecule has 1 heterocycles. The normalized spacial score (nSPS) is 23.6. The summed E-state index contributed by atoms with van der Waals surface area (Å²) in [6.07, 6.45) is -2.03. The van der Waals surface area contributed by atoms with Gasteiger partial charge < -0.3 is 15.4 Å². The van der Waals surface area contributed by atoms with E-state index in [1.807, 2.05) is 0 Å². The third kappa shape index (κ3) is 5.67. The lowest BCUT2D eigenvalue weighted by Crippen LogP contribution is -2.40. The second-order valence-corrected chi connectivity index (χ2v) is 4.21. The first kappa shape index (κ1) is 13.7. The van der Waals surface area contributed by atoms with E-state index in [0.717, 1.165) is 25.9 Å². The van der Waals surface area contributed by atoms with Gasteiger partial charge in [-0.05, 0) is 31.8 Å². The quantitative estimate of drug-likeness (QED) is 0.735. The summed E-state index contributed by atoms with van der Waals surface area (Å²) >= 11 is 0. The van der Waals surface area contributed by atoms with E-state index in [2.05, 4.69) is 9.64 Å². The summed E-state index contributed by atoms with van der Waals surface area (Å²) in [6.45, 7) is 2.02. The van der Waals surface area contributed by atoms with Crippen LogP contribution in [0.1, 0.15) is 12.8 Å². The number of likely N-dealkylation sites (tertiary alicyclic amines) is 1. The summed E-state index contributed by atoms with van der Waals surface area (Å²) in [4.78, 5) is 2.12. The Morgan fingerprint density at radius 3 is 2.75 bits per heavy atom. The molecule has 0 aromatic heterocycles. The molecule has 0 radical (unpaired) electrons. The van der Waals surface area contributed by atoms with E-state index < -0.39 is 12.8 Å². The maximum atomic E-state index is 11.8. The van der Waals surface area contributed by atoms with Crippen molar-refractivity contribution in [2.24, 2.45) is 11.7 Å². The predicted octanol–water partition coefficient (Wildman–Crippen LogP) is 1.24. The molecule has 16 heavy (non-hydrogen) atoms. The molecule has 0 aliphatic carbocycles. The van der Waals surface area contributed by atoms with Crippen molar-refractivity contribution < 1.29 is 17.9 Å². The number of alkyl halides is 3. The van der Waals surface area contributed by atoms with Crippen molar-refractivity contribution in [3.8, 4) is 0 Å². The topological polar surface area (TPSA) is 38.5 Å². The summed E-state index contributed by atoms with van der Waals surface area (Å²) < 4.78 is 39.9. The number of hydrogen-bond acceptors (Lipinski definition) is 3. The smallest absolute Gasteiger partial charge is 0.371 e. The Kier molecular flexibility index (Phi) is 5.51. The highest BCUT2D eigenvalue weighted by molar-refractivity contribution is 4.73. The molecule has 96 valence electrons. The molecule has 1 aliphatic rings. The van der Waals surface area contributed by atoms with Crippen LogP contribution in [0.3, 0.4) is 0 Å². The molecule has 3 nitrogen and oxygen atoms in total. The molecule has 1 rings (SSSR count). The van der Waals surface area contributed by atoms with Gasteiger partial charge in [0.05, 0.1) is 6.61 Å². The van der Waals surface area contributed by atoms with Gasteiger partial charge in [0.2, 0.25) is 0 Å². The number of piperidine rings is 1. The van der Waals surface area contributed by atoms with E-state index in [1.165, 1.54) is 0 Å². The van der Waals surface area contributed by atoms with E-state index in [0.29, 0.717) is 19.0 Å². The van der Waals surface area contributed by atoms with Gasteiger partial charge in [0, 0.05) is 13.1 Å². The van der Waals surface area contributed by atoms with Crippen molar-refractivity contribution in [3.05, 3.63) is 0 Å². The van der Waals surface area contributed by atoms with Gasteiger partial charge in [-0.15, -0.1) is 0 Å². The molecule has 0 bridgehead atoms. The van der Waals surface area contributed by atoms with Gasteiger partial charge in [0.25, 0.3) is 0 Å². The third-order valence-corrected chi connectivity index (χ3v) is 2.75. The highest BCUT2D eigenvalue weighted by atomic mass is 19.4.